The Hall–Kier alpha value is -2.40. The molecule has 0 N–H and O–H groups in total. The Morgan fingerprint density at radius 1 is 0.923 bits per heavy atom. The summed E-state index contributed by atoms with van der Waals surface area (Å²) in [6, 6.07) is 18.0. The Morgan fingerprint density at radius 2 is 1.65 bits per heavy atom. The van der Waals surface area contributed by atoms with E-state index in [2.05, 4.69) is 9.97 Å². The summed E-state index contributed by atoms with van der Waals surface area (Å²) in [4.78, 5) is 24.1. The average Bonchev–Trinajstić information content (AvgIpc) is 2.73. The van der Waals surface area contributed by atoms with E-state index in [-0.39, 0.29) is 11.2 Å². The van der Waals surface area contributed by atoms with E-state index < -0.39 is 0 Å². The molecule has 1 aromatic heterocycles. The van der Waals surface area contributed by atoms with Crippen LogP contribution in [0.25, 0.3) is 10.9 Å². The number of rotatable bonds is 4. The molecule has 26 heavy (non-hydrogen) atoms. The van der Waals surface area contributed by atoms with Crippen molar-refractivity contribution in [3.8, 4) is 0 Å². The average molecular weight is 363 g/mol. The third-order valence-corrected chi connectivity index (χ3v) is 5.99. The summed E-state index contributed by atoms with van der Waals surface area (Å²) < 4.78 is 0. The third kappa shape index (κ3) is 3.58. The molecule has 0 spiro atoms. The van der Waals surface area contributed by atoms with Crippen LogP contribution in [0.3, 0.4) is 0 Å². The Balaban J connectivity index is 1.69. The van der Waals surface area contributed by atoms with Crippen molar-refractivity contribution in [1.29, 1.82) is 0 Å². The van der Waals surface area contributed by atoms with Gasteiger partial charge in [-0.25, -0.2) is 9.97 Å². The molecular formula is C21H21N3OS. The minimum atomic E-state index is -0.285. The van der Waals surface area contributed by atoms with Gasteiger partial charge in [-0.15, -0.1) is 0 Å². The van der Waals surface area contributed by atoms with Crippen molar-refractivity contribution in [3.63, 3.8) is 0 Å². The zero-order chi connectivity index (χ0) is 17.8. The molecule has 4 nitrogen and oxygen atoms in total. The van der Waals surface area contributed by atoms with E-state index >= 15 is 0 Å². The van der Waals surface area contributed by atoms with Crippen molar-refractivity contribution in [2.75, 3.05) is 13.1 Å². The van der Waals surface area contributed by atoms with Gasteiger partial charge in [0, 0.05) is 18.5 Å². The summed E-state index contributed by atoms with van der Waals surface area (Å²) in [5.74, 6) is 0.184. The molecule has 0 saturated carbocycles. The lowest BCUT2D eigenvalue weighted by Gasteiger charge is -2.30. The summed E-state index contributed by atoms with van der Waals surface area (Å²) in [7, 11) is 0. The van der Waals surface area contributed by atoms with E-state index in [0.29, 0.717) is 0 Å². The molecule has 1 aliphatic heterocycles. The van der Waals surface area contributed by atoms with E-state index in [1.807, 2.05) is 59.5 Å². The van der Waals surface area contributed by atoms with Crippen LogP contribution in [0.1, 0.15) is 30.1 Å². The fourth-order valence-corrected chi connectivity index (χ4v) is 4.53. The monoisotopic (exact) mass is 363 g/mol. The molecule has 1 saturated heterocycles. The quantitative estimate of drug-likeness (QED) is 0.507. The molecule has 1 atom stereocenters. The molecule has 132 valence electrons. The van der Waals surface area contributed by atoms with Gasteiger partial charge in [0.1, 0.15) is 16.6 Å². The minimum absolute atomic E-state index is 0.184. The molecule has 0 bridgehead atoms. The topological polar surface area (TPSA) is 46.1 Å². The van der Waals surface area contributed by atoms with E-state index in [1.165, 1.54) is 18.2 Å². The maximum Gasteiger partial charge on any atom is 0.240 e. The first-order chi connectivity index (χ1) is 12.8. The van der Waals surface area contributed by atoms with Crippen LogP contribution < -0.4 is 0 Å². The van der Waals surface area contributed by atoms with Crippen LogP contribution in [0.15, 0.2) is 66.0 Å². The van der Waals surface area contributed by atoms with Crippen LogP contribution in [0.4, 0.5) is 0 Å². The highest BCUT2D eigenvalue weighted by atomic mass is 32.2. The van der Waals surface area contributed by atoms with E-state index in [9.17, 15) is 4.79 Å². The van der Waals surface area contributed by atoms with Gasteiger partial charge >= 0.3 is 0 Å². The van der Waals surface area contributed by atoms with Crippen LogP contribution >= 0.6 is 11.8 Å². The number of fused-ring (bicyclic) bond motifs is 1. The number of para-hydroxylation sites is 1. The first kappa shape index (κ1) is 17.0. The summed E-state index contributed by atoms with van der Waals surface area (Å²) in [6.07, 6.45) is 4.98. The predicted octanol–water partition coefficient (Wildman–Crippen LogP) is 4.48. The SMILES string of the molecule is O=C(C(Sc1ncnc2ccccc12)c1ccccc1)N1CCCCC1. The van der Waals surface area contributed by atoms with Crippen molar-refractivity contribution in [2.24, 2.45) is 0 Å². The van der Waals surface area contributed by atoms with Gasteiger partial charge in [-0.3, -0.25) is 4.79 Å². The van der Waals surface area contributed by atoms with E-state index in [4.69, 9.17) is 0 Å². The van der Waals surface area contributed by atoms with Crippen molar-refractivity contribution in [2.45, 2.75) is 29.5 Å². The number of thioether (sulfide) groups is 1. The number of piperidine rings is 1. The molecule has 0 aliphatic carbocycles. The van der Waals surface area contributed by atoms with Gasteiger partial charge in [0.15, 0.2) is 0 Å². The second-order valence-electron chi connectivity index (χ2n) is 6.49. The third-order valence-electron chi connectivity index (χ3n) is 4.73. The highest BCUT2D eigenvalue weighted by molar-refractivity contribution is 8.00. The first-order valence-corrected chi connectivity index (χ1v) is 9.91. The van der Waals surface area contributed by atoms with Gasteiger partial charge < -0.3 is 4.90 Å². The van der Waals surface area contributed by atoms with Gasteiger partial charge in [-0.2, -0.15) is 0 Å². The van der Waals surface area contributed by atoms with Crippen molar-refractivity contribution >= 4 is 28.6 Å². The van der Waals surface area contributed by atoms with Crippen LogP contribution in [0, 0.1) is 0 Å². The summed E-state index contributed by atoms with van der Waals surface area (Å²) in [6.45, 7) is 1.71. The standard InChI is InChI=1S/C21H21N3OS/c25-21(24-13-7-2-8-14-24)19(16-9-3-1-4-10-16)26-20-17-11-5-6-12-18(17)22-15-23-20/h1,3-6,9-12,15,19H,2,7-8,13-14H2. The number of hydrogen-bond acceptors (Lipinski definition) is 4. The minimum Gasteiger partial charge on any atom is -0.341 e. The Morgan fingerprint density at radius 3 is 2.46 bits per heavy atom. The number of hydrogen-bond donors (Lipinski definition) is 0. The number of amides is 1. The lowest BCUT2D eigenvalue weighted by atomic mass is 10.1. The van der Waals surface area contributed by atoms with Gasteiger partial charge in [-0.05, 0) is 30.9 Å². The molecule has 1 amide bonds. The molecular weight excluding hydrogens is 342 g/mol. The highest BCUT2D eigenvalue weighted by Crippen LogP contribution is 2.38. The number of benzene rings is 2. The summed E-state index contributed by atoms with van der Waals surface area (Å²) >= 11 is 1.53. The molecule has 5 heteroatoms. The van der Waals surface area contributed by atoms with Crippen LogP contribution in [-0.2, 0) is 4.79 Å². The Labute approximate surface area is 157 Å². The van der Waals surface area contributed by atoms with Crippen LogP contribution in [0.2, 0.25) is 0 Å². The molecule has 4 rings (SSSR count). The number of carbonyl (C=O) groups is 1. The zero-order valence-corrected chi connectivity index (χ0v) is 15.4. The highest BCUT2D eigenvalue weighted by Gasteiger charge is 2.28. The van der Waals surface area contributed by atoms with E-state index in [1.54, 1.807) is 6.33 Å². The maximum absolute atomic E-state index is 13.3. The smallest absolute Gasteiger partial charge is 0.240 e. The zero-order valence-electron chi connectivity index (χ0n) is 14.5. The molecule has 2 aromatic carbocycles. The van der Waals surface area contributed by atoms with Gasteiger partial charge in [0.05, 0.1) is 5.52 Å². The number of carbonyl (C=O) groups excluding carboxylic acids is 1. The fraction of sp³-hybridized carbons (Fsp3) is 0.286. The molecule has 1 unspecified atom stereocenters. The van der Waals surface area contributed by atoms with Crippen LogP contribution in [0.5, 0.6) is 0 Å². The number of aromatic nitrogens is 2. The Bertz CT molecular complexity index is 889. The van der Waals surface area contributed by atoms with Gasteiger partial charge in [0.25, 0.3) is 0 Å². The lowest BCUT2D eigenvalue weighted by Crippen LogP contribution is -2.38. The molecule has 1 fully saturated rings. The number of nitrogens with zero attached hydrogens (tertiary/aromatic N) is 3. The van der Waals surface area contributed by atoms with Gasteiger partial charge in [0.2, 0.25) is 5.91 Å². The lowest BCUT2D eigenvalue weighted by molar-refractivity contribution is -0.131. The normalized spacial score (nSPS) is 15.8. The van der Waals surface area contributed by atoms with Gasteiger partial charge in [-0.1, -0.05) is 60.3 Å². The van der Waals surface area contributed by atoms with Crippen molar-refractivity contribution < 1.29 is 4.79 Å². The molecule has 1 aliphatic rings. The molecule has 3 aromatic rings. The fourth-order valence-electron chi connectivity index (χ4n) is 3.35. The first-order valence-electron chi connectivity index (χ1n) is 9.03. The van der Waals surface area contributed by atoms with Crippen molar-refractivity contribution in [3.05, 3.63) is 66.5 Å². The molecule has 0 radical (unpaired) electrons. The second-order valence-corrected chi connectivity index (χ2v) is 7.58. The van der Waals surface area contributed by atoms with Crippen LogP contribution in [-0.4, -0.2) is 33.9 Å². The van der Waals surface area contributed by atoms with Crippen molar-refractivity contribution in [1.82, 2.24) is 14.9 Å². The largest absolute Gasteiger partial charge is 0.341 e. The predicted molar refractivity (Wildman–Crippen MR) is 105 cm³/mol. The maximum atomic E-state index is 13.3. The second kappa shape index (κ2) is 7.87. The summed E-state index contributed by atoms with van der Waals surface area (Å²) in [5, 5.41) is 1.56. The number of likely N-dealkylation sites (tertiary alicyclic amines) is 1. The van der Waals surface area contributed by atoms with E-state index in [0.717, 1.165) is 47.4 Å². The molecule has 2 heterocycles. The summed E-state index contributed by atoms with van der Waals surface area (Å²) in [5.41, 5.74) is 1.93. The Kier molecular flexibility index (Phi) is 5.16.